The van der Waals surface area contributed by atoms with Gasteiger partial charge >= 0.3 is 0 Å². The van der Waals surface area contributed by atoms with Crippen LogP contribution < -0.4 is 0 Å². The molecule has 0 atom stereocenters. The zero-order valence-electron chi connectivity index (χ0n) is 11.4. The van der Waals surface area contributed by atoms with Crippen molar-refractivity contribution in [3.05, 3.63) is 22.7 Å². The summed E-state index contributed by atoms with van der Waals surface area (Å²) in [5.41, 5.74) is 2.56. The van der Waals surface area contributed by atoms with Crippen molar-refractivity contribution in [3.63, 3.8) is 0 Å². The van der Waals surface area contributed by atoms with Crippen LogP contribution in [0.1, 0.15) is 24.1 Å². The second kappa shape index (κ2) is 4.98. The second-order valence-corrected chi connectivity index (χ2v) is 8.06. The van der Waals surface area contributed by atoms with E-state index in [0.29, 0.717) is 23.1 Å². The molecule has 0 saturated carbocycles. The van der Waals surface area contributed by atoms with Crippen LogP contribution in [-0.4, -0.2) is 31.0 Å². The van der Waals surface area contributed by atoms with Crippen LogP contribution in [0.15, 0.2) is 20.2 Å². The van der Waals surface area contributed by atoms with Gasteiger partial charge in [0.15, 0.2) is 5.76 Å². The molecule has 2 aromatic rings. The second-order valence-electron chi connectivity index (χ2n) is 4.99. The molecule has 0 N–H and O–H groups in total. The van der Waals surface area contributed by atoms with Crippen LogP contribution in [0.5, 0.6) is 0 Å². The summed E-state index contributed by atoms with van der Waals surface area (Å²) < 4.78 is 32.1. The molecule has 0 unspecified atom stereocenters. The number of hydrogen-bond acceptors (Lipinski definition) is 5. The molecule has 3 rings (SSSR count). The molecular weight excluding hydrogens is 296 g/mol. The molecule has 0 radical (unpaired) electrons. The molecule has 2 aromatic heterocycles. The first-order chi connectivity index (χ1) is 9.50. The van der Waals surface area contributed by atoms with Crippen LogP contribution in [0.3, 0.4) is 0 Å². The fraction of sp³-hybridized carbons (Fsp3) is 0.462. The van der Waals surface area contributed by atoms with E-state index in [0.717, 1.165) is 29.7 Å². The van der Waals surface area contributed by atoms with Crippen LogP contribution >= 0.6 is 11.3 Å². The average Bonchev–Trinajstić information content (AvgIpc) is 3.12. The molecule has 0 aliphatic carbocycles. The maximum absolute atomic E-state index is 12.5. The number of thiophene rings is 1. The zero-order chi connectivity index (χ0) is 14.3. The molecule has 0 bridgehead atoms. The fourth-order valence-corrected chi connectivity index (χ4v) is 5.14. The SMILES string of the molecule is Cc1noc(-c2csc(S(=O)(=O)N3CCCC3)c2)c1C. The van der Waals surface area contributed by atoms with E-state index < -0.39 is 10.0 Å². The van der Waals surface area contributed by atoms with E-state index in [-0.39, 0.29) is 0 Å². The number of aryl methyl sites for hydroxylation is 1. The predicted molar refractivity (Wildman–Crippen MR) is 77.3 cm³/mol. The molecule has 1 fully saturated rings. The highest BCUT2D eigenvalue weighted by Crippen LogP contribution is 2.33. The van der Waals surface area contributed by atoms with Gasteiger partial charge in [-0.25, -0.2) is 8.42 Å². The molecule has 108 valence electrons. The molecule has 1 saturated heterocycles. The van der Waals surface area contributed by atoms with Gasteiger partial charge in [0, 0.05) is 29.6 Å². The Morgan fingerprint density at radius 2 is 2.00 bits per heavy atom. The fourth-order valence-electron chi connectivity index (χ4n) is 2.31. The Labute approximate surface area is 122 Å². The van der Waals surface area contributed by atoms with Crippen molar-refractivity contribution in [3.8, 4) is 11.3 Å². The van der Waals surface area contributed by atoms with Crippen LogP contribution in [-0.2, 0) is 10.0 Å². The molecule has 3 heterocycles. The van der Waals surface area contributed by atoms with Crippen molar-refractivity contribution in [2.24, 2.45) is 0 Å². The van der Waals surface area contributed by atoms with Gasteiger partial charge in [0.2, 0.25) is 0 Å². The summed E-state index contributed by atoms with van der Waals surface area (Å²) in [6.45, 7) is 5.04. The smallest absolute Gasteiger partial charge is 0.252 e. The number of nitrogens with zero attached hydrogens (tertiary/aromatic N) is 2. The van der Waals surface area contributed by atoms with Crippen LogP contribution in [0.25, 0.3) is 11.3 Å². The third-order valence-corrected chi connectivity index (χ3v) is 6.97. The molecule has 1 aliphatic rings. The zero-order valence-corrected chi connectivity index (χ0v) is 13.1. The highest BCUT2D eigenvalue weighted by atomic mass is 32.2. The van der Waals surface area contributed by atoms with E-state index in [9.17, 15) is 8.42 Å². The summed E-state index contributed by atoms with van der Waals surface area (Å²) in [4.78, 5) is 0. The summed E-state index contributed by atoms with van der Waals surface area (Å²) in [6.07, 6.45) is 1.88. The molecule has 0 spiro atoms. The van der Waals surface area contributed by atoms with E-state index in [1.807, 2.05) is 19.2 Å². The monoisotopic (exact) mass is 312 g/mol. The highest BCUT2D eigenvalue weighted by molar-refractivity contribution is 7.91. The van der Waals surface area contributed by atoms with Crippen molar-refractivity contribution in [1.82, 2.24) is 9.46 Å². The van der Waals surface area contributed by atoms with Gasteiger partial charge in [-0.2, -0.15) is 4.31 Å². The van der Waals surface area contributed by atoms with Gasteiger partial charge < -0.3 is 4.52 Å². The van der Waals surface area contributed by atoms with E-state index in [1.54, 1.807) is 10.4 Å². The summed E-state index contributed by atoms with van der Waals surface area (Å²) in [6, 6.07) is 1.69. The third-order valence-electron chi connectivity index (χ3n) is 3.65. The van der Waals surface area contributed by atoms with E-state index in [4.69, 9.17) is 4.52 Å². The van der Waals surface area contributed by atoms with E-state index in [1.165, 1.54) is 11.3 Å². The number of sulfonamides is 1. The maximum atomic E-state index is 12.5. The molecule has 5 nitrogen and oxygen atoms in total. The van der Waals surface area contributed by atoms with Gasteiger partial charge in [0.05, 0.1) is 5.69 Å². The van der Waals surface area contributed by atoms with Gasteiger partial charge in [0.1, 0.15) is 4.21 Å². The molecule has 20 heavy (non-hydrogen) atoms. The maximum Gasteiger partial charge on any atom is 0.252 e. The van der Waals surface area contributed by atoms with E-state index >= 15 is 0 Å². The van der Waals surface area contributed by atoms with Crippen molar-refractivity contribution in [2.45, 2.75) is 30.9 Å². The first-order valence-electron chi connectivity index (χ1n) is 6.52. The quantitative estimate of drug-likeness (QED) is 0.874. The van der Waals surface area contributed by atoms with Gasteiger partial charge in [-0.05, 0) is 32.8 Å². The lowest BCUT2D eigenvalue weighted by Crippen LogP contribution is -2.27. The molecule has 1 aliphatic heterocycles. The molecule has 7 heteroatoms. The first-order valence-corrected chi connectivity index (χ1v) is 8.84. The van der Waals surface area contributed by atoms with Crippen molar-refractivity contribution in [2.75, 3.05) is 13.1 Å². The topological polar surface area (TPSA) is 63.4 Å². The van der Waals surface area contributed by atoms with Crippen molar-refractivity contribution >= 4 is 21.4 Å². The Morgan fingerprint density at radius 1 is 1.30 bits per heavy atom. The van der Waals surface area contributed by atoms with Crippen LogP contribution in [0, 0.1) is 13.8 Å². The number of hydrogen-bond donors (Lipinski definition) is 0. The summed E-state index contributed by atoms with van der Waals surface area (Å²) >= 11 is 1.24. The molecule has 0 aromatic carbocycles. The predicted octanol–water partition coefficient (Wildman–Crippen LogP) is 2.80. The lowest BCUT2D eigenvalue weighted by molar-refractivity contribution is 0.427. The van der Waals surface area contributed by atoms with Crippen LogP contribution in [0.4, 0.5) is 0 Å². The Kier molecular flexibility index (Phi) is 3.43. The Bertz CT molecular complexity index is 725. The minimum atomic E-state index is -3.34. The minimum absolute atomic E-state index is 0.378. The van der Waals surface area contributed by atoms with Gasteiger partial charge in [-0.1, -0.05) is 5.16 Å². The summed E-state index contributed by atoms with van der Waals surface area (Å²) in [7, 11) is -3.34. The summed E-state index contributed by atoms with van der Waals surface area (Å²) in [5.74, 6) is 0.654. The summed E-state index contributed by atoms with van der Waals surface area (Å²) in [5, 5.41) is 5.73. The molecular formula is C13H16N2O3S2. The van der Waals surface area contributed by atoms with Crippen LogP contribution in [0.2, 0.25) is 0 Å². The first kappa shape index (κ1) is 13.8. The Balaban J connectivity index is 1.96. The minimum Gasteiger partial charge on any atom is -0.356 e. The van der Waals surface area contributed by atoms with Gasteiger partial charge in [-0.15, -0.1) is 11.3 Å². The normalized spacial score (nSPS) is 16.9. The number of aromatic nitrogens is 1. The Morgan fingerprint density at radius 3 is 2.60 bits per heavy atom. The van der Waals surface area contributed by atoms with Gasteiger partial charge in [-0.3, -0.25) is 0 Å². The average molecular weight is 312 g/mol. The standard InChI is InChI=1S/C13H16N2O3S2/c1-9-10(2)14-18-13(9)11-7-12(19-8-11)20(16,17)15-5-3-4-6-15/h7-8H,3-6H2,1-2H3. The van der Waals surface area contributed by atoms with Gasteiger partial charge in [0.25, 0.3) is 10.0 Å². The van der Waals surface area contributed by atoms with E-state index in [2.05, 4.69) is 5.16 Å². The van der Waals surface area contributed by atoms with Crippen molar-refractivity contribution in [1.29, 1.82) is 0 Å². The lowest BCUT2D eigenvalue weighted by atomic mass is 10.1. The molecule has 0 amide bonds. The largest absolute Gasteiger partial charge is 0.356 e. The third kappa shape index (κ3) is 2.19. The Hall–Kier alpha value is -1.18. The lowest BCUT2D eigenvalue weighted by Gasteiger charge is -2.13. The van der Waals surface area contributed by atoms with Crippen molar-refractivity contribution < 1.29 is 12.9 Å². The number of rotatable bonds is 3. The highest BCUT2D eigenvalue weighted by Gasteiger charge is 2.29.